The number of hydrogen-bond acceptors (Lipinski definition) is 2. The summed E-state index contributed by atoms with van der Waals surface area (Å²) in [6.07, 6.45) is 8.48. The van der Waals surface area contributed by atoms with Gasteiger partial charge in [-0.25, -0.2) is 0 Å². The number of hydrogen-bond donors (Lipinski definition) is 1. The van der Waals surface area contributed by atoms with Crippen molar-refractivity contribution in [1.82, 2.24) is 10.2 Å². The molecule has 4 unspecified atom stereocenters. The number of rotatable bonds is 4. The lowest BCUT2D eigenvalue weighted by Crippen LogP contribution is -2.49. The number of nitrogens with one attached hydrogen (secondary N) is 1. The number of likely N-dealkylation sites (tertiary alicyclic amines) is 1. The van der Waals surface area contributed by atoms with Crippen LogP contribution in [-0.2, 0) is 0 Å². The summed E-state index contributed by atoms with van der Waals surface area (Å²) < 4.78 is 0. The second-order valence-corrected chi connectivity index (χ2v) is 6.93. The van der Waals surface area contributed by atoms with Gasteiger partial charge < -0.3 is 10.2 Å². The van der Waals surface area contributed by atoms with Gasteiger partial charge in [0.2, 0.25) is 0 Å². The van der Waals surface area contributed by atoms with E-state index in [1.165, 1.54) is 58.2 Å². The van der Waals surface area contributed by atoms with Crippen LogP contribution in [0.15, 0.2) is 0 Å². The summed E-state index contributed by atoms with van der Waals surface area (Å²) in [4.78, 5) is 2.65. The first-order chi connectivity index (χ1) is 8.65. The summed E-state index contributed by atoms with van der Waals surface area (Å²) >= 11 is 0. The van der Waals surface area contributed by atoms with E-state index in [2.05, 4.69) is 31.0 Å². The fourth-order valence-corrected chi connectivity index (χ4v) is 3.71. The Balaban J connectivity index is 1.73. The third kappa shape index (κ3) is 4.24. The minimum absolute atomic E-state index is 0.654. The molecule has 18 heavy (non-hydrogen) atoms. The molecule has 0 aromatic heterocycles. The quantitative estimate of drug-likeness (QED) is 0.826. The molecular formula is C16H32N2. The Hall–Kier alpha value is -0.0800. The Morgan fingerprint density at radius 3 is 2.56 bits per heavy atom. The van der Waals surface area contributed by atoms with E-state index < -0.39 is 0 Å². The van der Waals surface area contributed by atoms with Crippen molar-refractivity contribution >= 4 is 0 Å². The molecule has 106 valence electrons. The lowest BCUT2D eigenvalue weighted by Gasteiger charge is -2.37. The maximum atomic E-state index is 3.90. The molecule has 0 radical (unpaired) electrons. The zero-order valence-electron chi connectivity index (χ0n) is 12.6. The van der Waals surface area contributed by atoms with Gasteiger partial charge in [0.15, 0.2) is 0 Å². The molecule has 1 N–H and O–H groups in total. The molecule has 4 atom stereocenters. The van der Waals surface area contributed by atoms with Crippen LogP contribution >= 0.6 is 0 Å². The maximum absolute atomic E-state index is 3.90. The van der Waals surface area contributed by atoms with Crippen molar-refractivity contribution in [3.63, 3.8) is 0 Å². The topological polar surface area (TPSA) is 15.3 Å². The molecule has 0 aromatic carbocycles. The highest BCUT2D eigenvalue weighted by Gasteiger charge is 2.26. The highest BCUT2D eigenvalue weighted by atomic mass is 15.2. The van der Waals surface area contributed by atoms with E-state index in [0.717, 1.165) is 17.9 Å². The van der Waals surface area contributed by atoms with E-state index >= 15 is 0 Å². The van der Waals surface area contributed by atoms with Crippen molar-refractivity contribution in [3.8, 4) is 0 Å². The number of piperidine rings is 1. The number of nitrogens with zero attached hydrogens (tertiary/aromatic N) is 1. The van der Waals surface area contributed by atoms with Gasteiger partial charge in [0, 0.05) is 18.6 Å². The Kier molecular flexibility index (Phi) is 5.50. The molecule has 2 nitrogen and oxygen atoms in total. The first-order valence-corrected chi connectivity index (χ1v) is 8.13. The van der Waals surface area contributed by atoms with Crippen LogP contribution in [0, 0.1) is 11.8 Å². The smallest absolute Gasteiger partial charge is 0.0169 e. The van der Waals surface area contributed by atoms with Crippen molar-refractivity contribution in [2.24, 2.45) is 11.8 Å². The molecule has 1 heterocycles. The lowest BCUT2D eigenvalue weighted by molar-refractivity contribution is 0.174. The van der Waals surface area contributed by atoms with E-state index in [1.807, 2.05) is 0 Å². The molecule has 0 spiro atoms. The van der Waals surface area contributed by atoms with Crippen LogP contribution in [0.4, 0.5) is 0 Å². The average Bonchev–Trinajstić information content (AvgIpc) is 2.35. The molecule has 2 fully saturated rings. The van der Waals surface area contributed by atoms with Gasteiger partial charge in [0.25, 0.3) is 0 Å². The van der Waals surface area contributed by atoms with Gasteiger partial charge in [-0.05, 0) is 57.5 Å². The summed E-state index contributed by atoms with van der Waals surface area (Å²) in [7, 11) is 0. The molecule has 0 amide bonds. The molecule has 1 saturated heterocycles. The molecule has 1 aliphatic heterocycles. The standard InChI is InChI=1S/C16H32N2/c1-13-7-8-14(2)16(11-13)17-15(3)12-18-9-5-4-6-10-18/h13-17H,4-12H2,1-3H3. The largest absolute Gasteiger partial charge is 0.310 e. The van der Waals surface area contributed by atoms with Gasteiger partial charge in [0.05, 0.1) is 0 Å². The van der Waals surface area contributed by atoms with Crippen LogP contribution in [0.5, 0.6) is 0 Å². The van der Waals surface area contributed by atoms with Gasteiger partial charge in [-0.2, -0.15) is 0 Å². The summed E-state index contributed by atoms with van der Waals surface area (Å²) in [5.41, 5.74) is 0. The third-order valence-corrected chi connectivity index (χ3v) is 4.94. The van der Waals surface area contributed by atoms with Crippen molar-refractivity contribution in [1.29, 1.82) is 0 Å². The second-order valence-electron chi connectivity index (χ2n) is 6.93. The Bertz CT molecular complexity index is 235. The molecule has 2 aliphatic rings. The Morgan fingerprint density at radius 2 is 1.83 bits per heavy atom. The van der Waals surface area contributed by atoms with Gasteiger partial charge >= 0.3 is 0 Å². The van der Waals surface area contributed by atoms with E-state index in [1.54, 1.807) is 0 Å². The summed E-state index contributed by atoms with van der Waals surface area (Å²) in [6.45, 7) is 11.1. The van der Waals surface area contributed by atoms with Gasteiger partial charge in [-0.3, -0.25) is 0 Å². The van der Waals surface area contributed by atoms with Gasteiger partial charge in [-0.15, -0.1) is 0 Å². The van der Waals surface area contributed by atoms with Crippen molar-refractivity contribution in [2.45, 2.75) is 71.4 Å². The zero-order chi connectivity index (χ0) is 13.0. The minimum Gasteiger partial charge on any atom is -0.310 e. The minimum atomic E-state index is 0.654. The summed E-state index contributed by atoms with van der Waals surface area (Å²) in [5, 5.41) is 3.90. The molecule has 1 saturated carbocycles. The van der Waals surface area contributed by atoms with E-state index in [9.17, 15) is 0 Å². The molecule has 1 aliphatic carbocycles. The van der Waals surface area contributed by atoms with Crippen molar-refractivity contribution in [2.75, 3.05) is 19.6 Å². The SMILES string of the molecule is CC1CCC(C)C(NC(C)CN2CCCCC2)C1. The highest BCUT2D eigenvalue weighted by Crippen LogP contribution is 2.28. The summed E-state index contributed by atoms with van der Waals surface area (Å²) in [6, 6.07) is 1.41. The second kappa shape index (κ2) is 6.91. The molecular weight excluding hydrogens is 220 g/mol. The molecule has 2 heteroatoms. The van der Waals surface area contributed by atoms with Gasteiger partial charge in [-0.1, -0.05) is 26.7 Å². The molecule has 0 bridgehead atoms. The van der Waals surface area contributed by atoms with Gasteiger partial charge in [0.1, 0.15) is 0 Å². The lowest BCUT2D eigenvalue weighted by atomic mass is 9.80. The van der Waals surface area contributed by atoms with Crippen LogP contribution in [-0.4, -0.2) is 36.6 Å². The Morgan fingerprint density at radius 1 is 1.11 bits per heavy atom. The monoisotopic (exact) mass is 252 g/mol. The van der Waals surface area contributed by atoms with Crippen LogP contribution in [0.3, 0.4) is 0 Å². The normalized spacial score (nSPS) is 36.5. The van der Waals surface area contributed by atoms with E-state index in [-0.39, 0.29) is 0 Å². The predicted molar refractivity (Wildman–Crippen MR) is 78.9 cm³/mol. The fraction of sp³-hybridized carbons (Fsp3) is 1.00. The fourth-order valence-electron chi connectivity index (χ4n) is 3.71. The predicted octanol–water partition coefficient (Wildman–Crippen LogP) is 3.28. The zero-order valence-corrected chi connectivity index (χ0v) is 12.6. The van der Waals surface area contributed by atoms with E-state index in [4.69, 9.17) is 0 Å². The van der Waals surface area contributed by atoms with E-state index in [0.29, 0.717) is 6.04 Å². The van der Waals surface area contributed by atoms with Crippen molar-refractivity contribution in [3.05, 3.63) is 0 Å². The van der Waals surface area contributed by atoms with Crippen LogP contribution < -0.4 is 5.32 Å². The van der Waals surface area contributed by atoms with Crippen LogP contribution in [0.1, 0.15) is 59.3 Å². The molecule has 0 aromatic rings. The third-order valence-electron chi connectivity index (χ3n) is 4.94. The van der Waals surface area contributed by atoms with Crippen LogP contribution in [0.2, 0.25) is 0 Å². The van der Waals surface area contributed by atoms with Crippen LogP contribution in [0.25, 0.3) is 0 Å². The molecule has 2 rings (SSSR count). The maximum Gasteiger partial charge on any atom is 0.0169 e. The average molecular weight is 252 g/mol. The first kappa shape index (κ1) is 14.3. The van der Waals surface area contributed by atoms with Crippen molar-refractivity contribution < 1.29 is 0 Å². The Labute approximate surface area is 114 Å². The highest BCUT2D eigenvalue weighted by molar-refractivity contribution is 4.84. The summed E-state index contributed by atoms with van der Waals surface area (Å²) in [5.74, 6) is 1.78. The first-order valence-electron chi connectivity index (χ1n) is 8.13.